The van der Waals surface area contributed by atoms with Gasteiger partial charge < -0.3 is 9.84 Å². The highest BCUT2D eigenvalue weighted by molar-refractivity contribution is 6.24. The van der Waals surface area contributed by atoms with Gasteiger partial charge in [-0.15, -0.1) is 5.10 Å². The van der Waals surface area contributed by atoms with Crippen molar-refractivity contribution in [2.75, 3.05) is 0 Å². The van der Waals surface area contributed by atoms with Crippen LogP contribution in [-0.4, -0.2) is 20.8 Å². The van der Waals surface area contributed by atoms with Gasteiger partial charge in [-0.2, -0.15) is 0 Å². The van der Waals surface area contributed by atoms with Crippen LogP contribution >= 0.6 is 11.8 Å². The Morgan fingerprint density at radius 1 is 1.50 bits per heavy atom. The molecule has 0 aliphatic heterocycles. The molecule has 7 heteroatoms. The van der Waals surface area contributed by atoms with E-state index in [0.717, 1.165) is 0 Å². The first-order valence-corrected chi connectivity index (χ1v) is 6.28. The molecule has 1 amide bonds. The van der Waals surface area contributed by atoms with Gasteiger partial charge >= 0.3 is 0 Å². The molecule has 0 radical (unpaired) electrons. The van der Waals surface area contributed by atoms with Crippen LogP contribution in [0.1, 0.15) is 21.5 Å². The number of ether oxygens (including phenoxy) is 1. The predicted octanol–water partition coefficient (Wildman–Crippen LogP) is 1.37. The summed E-state index contributed by atoms with van der Waals surface area (Å²) < 4.78 is 7.14. The maximum Gasteiger partial charge on any atom is 0.266 e. The van der Waals surface area contributed by atoms with E-state index < -0.39 is 5.91 Å². The third kappa shape index (κ3) is 3.09. The molecule has 2 aromatic rings. The largest absolute Gasteiger partial charge is 0.472 e. The number of aliphatic hydroxyl groups excluding tert-OH is 1. The number of carbonyl (C=O) groups excluding carboxylic acids is 1. The number of nitrogens with one attached hydrogen (secondary N) is 1. The SMILES string of the molecule is Cn1ccc(OCc2c(CO)cccc2C(=O)NCl)n1. The fourth-order valence-electron chi connectivity index (χ4n) is 1.83. The molecule has 0 atom stereocenters. The number of amides is 1. The van der Waals surface area contributed by atoms with Crippen LogP contribution in [0.25, 0.3) is 0 Å². The Balaban J connectivity index is 2.26. The fraction of sp³-hybridized carbons (Fsp3) is 0.231. The van der Waals surface area contributed by atoms with Crippen molar-refractivity contribution in [2.45, 2.75) is 13.2 Å². The van der Waals surface area contributed by atoms with Crippen LogP contribution in [0.4, 0.5) is 0 Å². The Kier molecular flexibility index (Phi) is 4.60. The zero-order chi connectivity index (χ0) is 14.5. The number of halogens is 1. The molecule has 0 spiro atoms. The van der Waals surface area contributed by atoms with Crippen molar-refractivity contribution in [3.05, 3.63) is 47.2 Å². The number of aromatic nitrogens is 2. The molecule has 1 aromatic carbocycles. The van der Waals surface area contributed by atoms with Crippen LogP contribution in [0.5, 0.6) is 5.88 Å². The second kappa shape index (κ2) is 6.40. The highest BCUT2D eigenvalue weighted by atomic mass is 35.5. The van der Waals surface area contributed by atoms with Crippen molar-refractivity contribution >= 4 is 17.7 Å². The summed E-state index contributed by atoms with van der Waals surface area (Å²) in [6.45, 7) is -0.0717. The first-order valence-electron chi connectivity index (χ1n) is 5.90. The van der Waals surface area contributed by atoms with E-state index in [1.165, 1.54) is 0 Å². The first-order chi connectivity index (χ1) is 9.65. The maximum absolute atomic E-state index is 11.7. The van der Waals surface area contributed by atoms with Crippen LogP contribution in [-0.2, 0) is 20.3 Å². The summed E-state index contributed by atoms with van der Waals surface area (Å²) in [5.41, 5.74) is 1.56. The molecule has 106 valence electrons. The van der Waals surface area contributed by atoms with Gasteiger partial charge in [0.25, 0.3) is 5.91 Å². The second-order valence-electron chi connectivity index (χ2n) is 4.14. The summed E-state index contributed by atoms with van der Waals surface area (Å²) in [6, 6.07) is 6.73. The lowest BCUT2D eigenvalue weighted by atomic mass is 10.0. The molecule has 1 heterocycles. The minimum Gasteiger partial charge on any atom is -0.472 e. The summed E-state index contributed by atoms with van der Waals surface area (Å²) in [6.07, 6.45) is 1.75. The van der Waals surface area contributed by atoms with Gasteiger partial charge in [0, 0.05) is 42.2 Å². The lowest BCUT2D eigenvalue weighted by Gasteiger charge is -2.12. The van der Waals surface area contributed by atoms with Gasteiger partial charge in [-0.05, 0) is 11.6 Å². The average molecular weight is 296 g/mol. The summed E-state index contributed by atoms with van der Waals surface area (Å²) >= 11 is 5.36. The molecular formula is C13H14ClN3O3. The summed E-state index contributed by atoms with van der Waals surface area (Å²) in [7, 11) is 1.78. The fourth-order valence-corrected chi connectivity index (χ4v) is 1.94. The number of rotatable bonds is 5. The van der Waals surface area contributed by atoms with Gasteiger partial charge in [-0.3, -0.25) is 14.3 Å². The number of aliphatic hydroxyl groups is 1. The highest BCUT2D eigenvalue weighted by Gasteiger charge is 2.15. The minimum atomic E-state index is -0.443. The molecule has 1 aromatic heterocycles. The molecule has 0 bridgehead atoms. The Labute approximate surface area is 121 Å². The zero-order valence-electron chi connectivity index (χ0n) is 10.8. The van der Waals surface area contributed by atoms with Crippen molar-refractivity contribution in [3.8, 4) is 5.88 Å². The quantitative estimate of drug-likeness (QED) is 0.817. The number of carbonyl (C=O) groups is 1. The third-order valence-corrected chi connectivity index (χ3v) is 3.00. The monoisotopic (exact) mass is 295 g/mol. The third-order valence-electron chi connectivity index (χ3n) is 2.83. The van der Waals surface area contributed by atoms with Crippen molar-refractivity contribution in [1.29, 1.82) is 0 Å². The lowest BCUT2D eigenvalue weighted by Crippen LogP contribution is -2.17. The Bertz CT molecular complexity index is 613. The molecule has 0 aliphatic carbocycles. The highest BCUT2D eigenvalue weighted by Crippen LogP contribution is 2.18. The standard InChI is InChI=1S/C13H14ClN3O3/c1-17-6-5-12(16-17)20-8-11-9(7-18)3-2-4-10(11)13(19)15-14/h2-6,18H,7-8H2,1H3,(H,15,19). The maximum atomic E-state index is 11.7. The van der Waals surface area contributed by atoms with E-state index in [2.05, 4.69) is 9.93 Å². The zero-order valence-corrected chi connectivity index (χ0v) is 11.6. The van der Waals surface area contributed by atoms with E-state index in [-0.39, 0.29) is 13.2 Å². The number of benzene rings is 1. The van der Waals surface area contributed by atoms with Crippen LogP contribution in [0.3, 0.4) is 0 Å². The molecule has 6 nitrogen and oxygen atoms in total. The molecular weight excluding hydrogens is 282 g/mol. The summed E-state index contributed by atoms with van der Waals surface area (Å²) in [5, 5.41) is 13.4. The van der Waals surface area contributed by atoms with E-state index in [4.69, 9.17) is 16.5 Å². The Morgan fingerprint density at radius 2 is 2.30 bits per heavy atom. The normalized spacial score (nSPS) is 10.3. The van der Waals surface area contributed by atoms with E-state index >= 15 is 0 Å². The number of hydrogen-bond donors (Lipinski definition) is 2. The van der Waals surface area contributed by atoms with Gasteiger partial charge in [-0.25, -0.2) is 0 Å². The van der Waals surface area contributed by atoms with E-state index in [1.807, 2.05) is 0 Å². The summed E-state index contributed by atoms with van der Waals surface area (Å²) in [5.74, 6) is -0.000869. The smallest absolute Gasteiger partial charge is 0.266 e. The van der Waals surface area contributed by atoms with Gasteiger partial charge in [0.2, 0.25) is 5.88 Å². The van der Waals surface area contributed by atoms with Crippen molar-refractivity contribution in [2.24, 2.45) is 7.05 Å². The molecule has 0 fully saturated rings. The molecule has 0 aliphatic rings. The Hall–Kier alpha value is -2.05. The molecule has 2 rings (SSSR count). The van der Waals surface area contributed by atoms with Crippen LogP contribution < -0.4 is 9.57 Å². The van der Waals surface area contributed by atoms with E-state index in [9.17, 15) is 9.90 Å². The lowest BCUT2D eigenvalue weighted by molar-refractivity contribution is 0.0979. The van der Waals surface area contributed by atoms with Gasteiger partial charge in [-0.1, -0.05) is 12.1 Å². The number of aryl methyl sites for hydroxylation is 1. The van der Waals surface area contributed by atoms with Crippen LogP contribution in [0.2, 0.25) is 0 Å². The molecule has 20 heavy (non-hydrogen) atoms. The number of hydrogen-bond acceptors (Lipinski definition) is 4. The predicted molar refractivity (Wildman–Crippen MR) is 73.2 cm³/mol. The minimum absolute atomic E-state index is 0.118. The van der Waals surface area contributed by atoms with E-state index in [1.54, 1.807) is 42.2 Å². The van der Waals surface area contributed by atoms with Gasteiger partial charge in [0.05, 0.1) is 6.61 Å². The van der Waals surface area contributed by atoms with Gasteiger partial charge in [0.1, 0.15) is 6.61 Å². The second-order valence-corrected chi connectivity index (χ2v) is 4.33. The van der Waals surface area contributed by atoms with Crippen molar-refractivity contribution in [3.63, 3.8) is 0 Å². The van der Waals surface area contributed by atoms with E-state index in [0.29, 0.717) is 22.6 Å². The van der Waals surface area contributed by atoms with Crippen molar-refractivity contribution in [1.82, 2.24) is 14.6 Å². The Morgan fingerprint density at radius 3 is 2.90 bits per heavy atom. The first kappa shape index (κ1) is 14.4. The number of nitrogens with zero attached hydrogens (tertiary/aromatic N) is 2. The molecule has 0 unspecified atom stereocenters. The summed E-state index contributed by atoms with van der Waals surface area (Å²) in [4.78, 5) is 13.8. The van der Waals surface area contributed by atoms with Crippen LogP contribution in [0.15, 0.2) is 30.5 Å². The van der Waals surface area contributed by atoms with Crippen LogP contribution in [0, 0.1) is 0 Å². The van der Waals surface area contributed by atoms with Crippen molar-refractivity contribution < 1.29 is 14.6 Å². The molecule has 0 saturated heterocycles. The topological polar surface area (TPSA) is 76.4 Å². The molecule has 0 saturated carbocycles. The van der Waals surface area contributed by atoms with Gasteiger partial charge in [0.15, 0.2) is 0 Å². The average Bonchev–Trinajstić information content (AvgIpc) is 2.89. The molecule has 2 N–H and O–H groups in total.